The first kappa shape index (κ1) is 19.8. The van der Waals surface area contributed by atoms with Gasteiger partial charge in [-0.25, -0.2) is 4.98 Å². The van der Waals surface area contributed by atoms with Crippen molar-refractivity contribution in [3.8, 4) is 0 Å². The van der Waals surface area contributed by atoms with E-state index in [0.29, 0.717) is 25.6 Å². The van der Waals surface area contributed by atoms with E-state index < -0.39 is 0 Å². The van der Waals surface area contributed by atoms with Crippen LogP contribution >= 0.6 is 11.3 Å². The second-order valence-corrected chi connectivity index (χ2v) is 7.99. The molecule has 1 fully saturated rings. The molecule has 27 heavy (non-hydrogen) atoms. The maximum Gasteiger partial charge on any atom is 0.239 e. The van der Waals surface area contributed by atoms with Crippen LogP contribution in [0.3, 0.4) is 0 Å². The highest BCUT2D eigenvalue weighted by Crippen LogP contribution is 2.33. The molecule has 1 N–H and O–H groups in total. The zero-order valence-electron chi connectivity index (χ0n) is 16.1. The van der Waals surface area contributed by atoms with Crippen molar-refractivity contribution in [3.63, 3.8) is 0 Å². The molecule has 2 amide bonds. The minimum Gasteiger partial charge on any atom is -0.355 e. The number of rotatable bonds is 7. The molecule has 0 aliphatic carbocycles. The minimum atomic E-state index is -0.0951. The molecule has 1 aliphatic rings. The van der Waals surface area contributed by atoms with Crippen molar-refractivity contribution in [2.45, 2.75) is 32.6 Å². The normalized spacial score (nSPS) is 15.8. The summed E-state index contributed by atoms with van der Waals surface area (Å²) >= 11 is 1.79. The van der Waals surface area contributed by atoms with Gasteiger partial charge in [0.1, 0.15) is 0 Å². The summed E-state index contributed by atoms with van der Waals surface area (Å²) in [6.45, 7) is 7.26. The van der Waals surface area contributed by atoms with Crippen molar-refractivity contribution < 1.29 is 9.59 Å². The lowest BCUT2D eigenvalue weighted by Crippen LogP contribution is -2.46. The third kappa shape index (κ3) is 5.05. The molecule has 0 atom stereocenters. The van der Waals surface area contributed by atoms with E-state index in [1.54, 1.807) is 16.2 Å². The van der Waals surface area contributed by atoms with Gasteiger partial charge in [0.2, 0.25) is 11.8 Å². The fourth-order valence-electron chi connectivity index (χ4n) is 3.50. The van der Waals surface area contributed by atoms with Gasteiger partial charge in [-0.05, 0) is 51.9 Å². The summed E-state index contributed by atoms with van der Waals surface area (Å²) in [4.78, 5) is 32.9. The lowest BCUT2D eigenvalue weighted by Gasteiger charge is -2.32. The molecule has 1 aliphatic heterocycles. The van der Waals surface area contributed by atoms with E-state index in [4.69, 9.17) is 4.98 Å². The van der Waals surface area contributed by atoms with Gasteiger partial charge in [0.25, 0.3) is 0 Å². The maximum absolute atomic E-state index is 12.5. The van der Waals surface area contributed by atoms with Crippen molar-refractivity contribution >= 4 is 33.4 Å². The molecule has 1 aromatic carbocycles. The highest BCUT2D eigenvalue weighted by molar-refractivity contribution is 7.18. The predicted molar refractivity (Wildman–Crippen MR) is 109 cm³/mol. The lowest BCUT2D eigenvalue weighted by molar-refractivity contribution is -0.137. The molecule has 146 valence electrons. The van der Waals surface area contributed by atoms with E-state index >= 15 is 0 Å². The van der Waals surface area contributed by atoms with Crippen LogP contribution in [-0.4, -0.2) is 65.9 Å². The van der Waals surface area contributed by atoms with Gasteiger partial charge in [-0.3, -0.25) is 14.5 Å². The van der Waals surface area contributed by atoms with E-state index in [1.165, 1.54) is 9.71 Å². The van der Waals surface area contributed by atoms with Crippen molar-refractivity contribution in [3.05, 3.63) is 29.3 Å². The van der Waals surface area contributed by atoms with Crippen LogP contribution < -0.4 is 5.32 Å². The number of hydrogen-bond acceptors (Lipinski definition) is 5. The Morgan fingerprint density at radius 2 is 2.00 bits per heavy atom. The van der Waals surface area contributed by atoms with Crippen LogP contribution in [0.5, 0.6) is 0 Å². The Labute approximate surface area is 164 Å². The Balaban J connectivity index is 1.51. The quantitative estimate of drug-likeness (QED) is 0.791. The number of piperidine rings is 1. The molecule has 0 spiro atoms. The second-order valence-electron chi connectivity index (χ2n) is 6.93. The molecule has 1 aromatic heterocycles. The van der Waals surface area contributed by atoms with Crippen LogP contribution in [0.2, 0.25) is 0 Å². The maximum atomic E-state index is 12.5. The van der Waals surface area contributed by atoms with E-state index in [0.717, 1.165) is 31.4 Å². The molecule has 0 bridgehead atoms. The Hall–Kier alpha value is -1.99. The summed E-state index contributed by atoms with van der Waals surface area (Å²) in [5.74, 6) is 0.413. The Morgan fingerprint density at radius 1 is 1.26 bits per heavy atom. The Kier molecular flexibility index (Phi) is 6.79. The molecule has 3 rings (SSSR count). The van der Waals surface area contributed by atoms with Crippen LogP contribution in [0.4, 0.5) is 0 Å². The number of fused-ring (bicyclic) bond motifs is 1. The Bertz CT molecular complexity index is 750. The molecular formula is C20H28N4O2S. The predicted octanol–water partition coefficient (Wildman–Crippen LogP) is 2.46. The highest BCUT2D eigenvalue weighted by Gasteiger charge is 2.26. The van der Waals surface area contributed by atoms with E-state index in [9.17, 15) is 9.59 Å². The number of carbonyl (C=O) groups is 2. The summed E-state index contributed by atoms with van der Waals surface area (Å²) in [6, 6.07) is 8.27. The number of amides is 2. The number of para-hydroxylation sites is 1. The lowest BCUT2D eigenvalue weighted by atomic mass is 9.97. The third-order valence-electron chi connectivity index (χ3n) is 5.05. The number of hydrogen-bond donors (Lipinski definition) is 1. The third-order valence-corrected chi connectivity index (χ3v) is 6.25. The number of nitrogens with one attached hydrogen (secondary N) is 1. The molecule has 0 radical (unpaired) electrons. The number of nitrogens with zero attached hydrogens (tertiary/aromatic N) is 3. The standard InChI is InChI=1S/C20H28N4O2S/c1-3-21-18(25)13-24(4-2)19(26)14-23-11-9-15(10-12-23)20-22-16-7-5-6-8-17(16)27-20/h5-8,15H,3-4,9-14H2,1-2H3,(H,21,25). The van der Waals surface area contributed by atoms with Gasteiger partial charge in [0, 0.05) is 19.0 Å². The van der Waals surface area contributed by atoms with Crippen LogP contribution in [0.25, 0.3) is 10.2 Å². The molecular weight excluding hydrogens is 360 g/mol. The molecule has 0 unspecified atom stereocenters. The smallest absolute Gasteiger partial charge is 0.239 e. The fourth-order valence-corrected chi connectivity index (χ4v) is 4.63. The number of aromatic nitrogens is 1. The van der Waals surface area contributed by atoms with E-state index in [-0.39, 0.29) is 18.4 Å². The molecule has 2 aromatic rings. The first-order valence-electron chi connectivity index (χ1n) is 9.73. The van der Waals surface area contributed by atoms with Gasteiger partial charge < -0.3 is 10.2 Å². The van der Waals surface area contributed by atoms with Gasteiger partial charge in [-0.1, -0.05) is 12.1 Å². The summed E-state index contributed by atoms with van der Waals surface area (Å²) in [7, 11) is 0. The zero-order chi connectivity index (χ0) is 19.2. The number of benzene rings is 1. The van der Waals surface area contributed by atoms with Crippen molar-refractivity contribution in [2.24, 2.45) is 0 Å². The Morgan fingerprint density at radius 3 is 2.67 bits per heavy atom. The molecule has 7 heteroatoms. The van der Waals surface area contributed by atoms with Gasteiger partial charge >= 0.3 is 0 Å². The van der Waals surface area contributed by atoms with Crippen LogP contribution in [0.15, 0.2) is 24.3 Å². The monoisotopic (exact) mass is 388 g/mol. The summed E-state index contributed by atoms with van der Waals surface area (Å²) in [5, 5.41) is 3.97. The molecule has 6 nitrogen and oxygen atoms in total. The van der Waals surface area contributed by atoms with Crippen molar-refractivity contribution in [1.82, 2.24) is 20.1 Å². The summed E-state index contributed by atoms with van der Waals surface area (Å²) < 4.78 is 1.24. The average molecular weight is 389 g/mol. The van der Waals surface area contributed by atoms with Crippen LogP contribution in [0, 0.1) is 0 Å². The number of carbonyl (C=O) groups excluding carboxylic acids is 2. The van der Waals surface area contributed by atoms with Crippen molar-refractivity contribution in [2.75, 3.05) is 39.3 Å². The SMILES string of the molecule is CCNC(=O)CN(CC)C(=O)CN1CCC(c2nc3ccccc3s2)CC1. The number of likely N-dealkylation sites (tertiary alicyclic amines) is 1. The molecule has 1 saturated heterocycles. The van der Waals surface area contributed by atoms with Crippen LogP contribution in [-0.2, 0) is 9.59 Å². The first-order valence-corrected chi connectivity index (χ1v) is 10.5. The van der Waals surface area contributed by atoms with Crippen molar-refractivity contribution in [1.29, 1.82) is 0 Å². The highest BCUT2D eigenvalue weighted by atomic mass is 32.1. The second kappa shape index (κ2) is 9.28. The van der Waals surface area contributed by atoms with Crippen LogP contribution in [0.1, 0.15) is 37.6 Å². The van der Waals surface area contributed by atoms with E-state index in [2.05, 4.69) is 28.4 Å². The first-order chi connectivity index (χ1) is 13.1. The molecule has 2 heterocycles. The number of likely N-dealkylation sites (N-methyl/N-ethyl adjacent to an activating group) is 2. The average Bonchev–Trinajstić information content (AvgIpc) is 3.11. The largest absolute Gasteiger partial charge is 0.355 e. The topological polar surface area (TPSA) is 65.5 Å². The van der Waals surface area contributed by atoms with Gasteiger partial charge in [-0.15, -0.1) is 11.3 Å². The minimum absolute atomic E-state index is 0.0298. The summed E-state index contributed by atoms with van der Waals surface area (Å²) in [5.41, 5.74) is 1.08. The zero-order valence-corrected chi connectivity index (χ0v) is 16.9. The van der Waals surface area contributed by atoms with E-state index in [1.807, 2.05) is 19.9 Å². The molecule has 0 saturated carbocycles. The fraction of sp³-hybridized carbons (Fsp3) is 0.550. The van der Waals surface area contributed by atoms with Gasteiger partial charge in [-0.2, -0.15) is 0 Å². The summed E-state index contributed by atoms with van der Waals surface area (Å²) in [6.07, 6.45) is 2.05. The number of thiazole rings is 1. The van der Waals surface area contributed by atoms with Gasteiger partial charge in [0.05, 0.1) is 28.3 Å². The van der Waals surface area contributed by atoms with Gasteiger partial charge in [0.15, 0.2) is 0 Å².